The van der Waals surface area contributed by atoms with Crippen molar-refractivity contribution in [1.82, 2.24) is 15.5 Å². The lowest BCUT2D eigenvalue weighted by molar-refractivity contribution is -0.136. The Bertz CT molecular complexity index is 760. The number of halogens is 2. The number of anilines is 1. The van der Waals surface area contributed by atoms with Gasteiger partial charge in [0.1, 0.15) is 17.2 Å². The molecule has 0 radical (unpaired) electrons. The standard InChI is InChI=1S/C18H22F2N4O3/c1-11(10-18(2)16(26)21-17(27)22-18)15(25)24-5-3-23(4-6-24)14-8-12(19)7-13(20)9-14/h7-9,11H,3-6,10H2,1-2H3,(H2,21,22,26,27). The molecule has 2 N–H and O–H groups in total. The summed E-state index contributed by atoms with van der Waals surface area (Å²) in [6, 6.07) is 2.80. The Kier molecular flexibility index (Phi) is 5.03. The third kappa shape index (κ3) is 4.01. The predicted octanol–water partition coefficient (Wildman–Crippen LogP) is 1.24. The van der Waals surface area contributed by atoms with Crippen LogP contribution < -0.4 is 15.5 Å². The molecule has 0 bridgehead atoms. The van der Waals surface area contributed by atoms with E-state index in [1.807, 2.05) is 4.90 Å². The molecule has 0 aliphatic carbocycles. The molecule has 4 amide bonds. The van der Waals surface area contributed by atoms with Crippen molar-refractivity contribution in [2.24, 2.45) is 5.92 Å². The van der Waals surface area contributed by atoms with Crippen molar-refractivity contribution in [3.63, 3.8) is 0 Å². The highest BCUT2D eigenvalue weighted by molar-refractivity contribution is 6.07. The zero-order chi connectivity index (χ0) is 19.8. The molecule has 2 aliphatic rings. The van der Waals surface area contributed by atoms with Gasteiger partial charge in [0.05, 0.1) is 0 Å². The predicted molar refractivity (Wildman–Crippen MR) is 94.0 cm³/mol. The summed E-state index contributed by atoms with van der Waals surface area (Å²) in [7, 11) is 0. The number of carbonyl (C=O) groups excluding carboxylic acids is 3. The fourth-order valence-electron chi connectivity index (χ4n) is 3.64. The lowest BCUT2D eigenvalue weighted by Crippen LogP contribution is -2.52. The highest BCUT2D eigenvalue weighted by Crippen LogP contribution is 2.24. The number of amides is 4. The van der Waals surface area contributed by atoms with Crippen molar-refractivity contribution in [2.45, 2.75) is 25.8 Å². The quantitative estimate of drug-likeness (QED) is 0.770. The molecule has 9 heteroatoms. The van der Waals surface area contributed by atoms with Crippen LogP contribution in [0, 0.1) is 17.6 Å². The molecule has 0 aromatic heterocycles. The summed E-state index contributed by atoms with van der Waals surface area (Å²) in [5, 5.41) is 4.74. The fourth-order valence-corrected chi connectivity index (χ4v) is 3.64. The van der Waals surface area contributed by atoms with Crippen molar-refractivity contribution in [2.75, 3.05) is 31.1 Å². The van der Waals surface area contributed by atoms with E-state index in [9.17, 15) is 23.2 Å². The molecule has 7 nitrogen and oxygen atoms in total. The van der Waals surface area contributed by atoms with Gasteiger partial charge in [0.25, 0.3) is 5.91 Å². The lowest BCUT2D eigenvalue weighted by atomic mass is 9.89. The minimum atomic E-state index is -1.10. The molecule has 2 aliphatic heterocycles. The molecule has 2 atom stereocenters. The molecule has 27 heavy (non-hydrogen) atoms. The van der Waals surface area contributed by atoms with E-state index in [1.165, 1.54) is 12.1 Å². The van der Waals surface area contributed by atoms with Gasteiger partial charge in [-0.05, 0) is 25.5 Å². The van der Waals surface area contributed by atoms with Crippen LogP contribution in [-0.4, -0.2) is 54.5 Å². The van der Waals surface area contributed by atoms with Gasteiger partial charge in [0.2, 0.25) is 5.91 Å². The Labute approximate surface area is 155 Å². The molecule has 2 saturated heterocycles. The first-order valence-corrected chi connectivity index (χ1v) is 8.81. The van der Waals surface area contributed by atoms with Gasteiger partial charge < -0.3 is 15.1 Å². The average molecular weight is 380 g/mol. The Hall–Kier alpha value is -2.71. The van der Waals surface area contributed by atoms with Gasteiger partial charge in [-0.15, -0.1) is 0 Å². The summed E-state index contributed by atoms with van der Waals surface area (Å²) in [5.41, 5.74) is -0.655. The van der Waals surface area contributed by atoms with Crippen molar-refractivity contribution >= 4 is 23.5 Å². The molecule has 2 unspecified atom stereocenters. The zero-order valence-electron chi connectivity index (χ0n) is 15.2. The topological polar surface area (TPSA) is 81.8 Å². The number of piperazine rings is 1. The molecular formula is C18H22F2N4O3. The van der Waals surface area contributed by atoms with Crippen LogP contribution in [0.2, 0.25) is 0 Å². The highest BCUT2D eigenvalue weighted by Gasteiger charge is 2.44. The molecule has 2 fully saturated rings. The molecule has 146 valence electrons. The van der Waals surface area contributed by atoms with E-state index in [-0.39, 0.29) is 12.3 Å². The number of rotatable bonds is 4. The number of carbonyl (C=O) groups is 3. The number of imide groups is 1. The average Bonchev–Trinajstić information content (AvgIpc) is 2.85. The molecule has 0 spiro atoms. The fraction of sp³-hybridized carbons (Fsp3) is 0.500. The van der Waals surface area contributed by atoms with Crippen LogP contribution in [-0.2, 0) is 9.59 Å². The molecular weight excluding hydrogens is 358 g/mol. The van der Waals surface area contributed by atoms with E-state index >= 15 is 0 Å². The molecule has 3 rings (SSSR count). The minimum Gasteiger partial charge on any atom is -0.368 e. The lowest BCUT2D eigenvalue weighted by Gasteiger charge is -2.38. The maximum Gasteiger partial charge on any atom is 0.322 e. The second kappa shape index (κ2) is 7.13. The van der Waals surface area contributed by atoms with Crippen molar-refractivity contribution in [1.29, 1.82) is 0 Å². The summed E-state index contributed by atoms with van der Waals surface area (Å²) in [6.07, 6.45) is 0.193. The van der Waals surface area contributed by atoms with E-state index in [2.05, 4.69) is 10.6 Å². The maximum atomic E-state index is 13.4. The smallest absolute Gasteiger partial charge is 0.322 e. The second-order valence-corrected chi connectivity index (χ2v) is 7.29. The van der Waals surface area contributed by atoms with Crippen LogP contribution in [0.25, 0.3) is 0 Å². The number of nitrogens with one attached hydrogen (secondary N) is 2. The van der Waals surface area contributed by atoms with Gasteiger partial charge >= 0.3 is 6.03 Å². The summed E-state index contributed by atoms with van der Waals surface area (Å²) >= 11 is 0. The van der Waals surface area contributed by atoms with Crippen LogP contribution in [0.5, 0.6) is 0 Å². The van der Waals surface area contributed by atoms with Crippen LogP contribution in [0.1, 0.15) is 20.3 Å². The van der Waals surface area contributed by atoms with Crippen molar-refractivity contribution in [3.05, 3.63) is 29.8 Å². The third-order valence-electron chi connectivity index (χ3n) is 5.06. The normalized spacial score (nSPS) is 23.9. The van der Waals surface area contributed by atoms with Crippen LogP contribution in [0.4, 0.5) is 19.3 Å². The first-order chi connectivity index (χ1) is 12.7. The molecule has 1 aromatic rings. The Balaban J connectivity index is 1.58. The largest absolute Gasteiger partial charge is 0.368 e. The first kappa shape index (κ1) is 19.1. The van der Waals surface area contributed by atoms with E-state index in [1.54, 1.807) is 18.7 Å². The number of urea groups is 1. The monoisotopic (exact) mass is 380 g/mol. The van der Waals surface area contributed by atoms with Gasteiger partial charge in [-0.1, -0.05) is 6.92 Å². The highest BCUT2D eigenvalue weighted by atomic mass is 19.1. The van der Waals surface area contributed by atoms with Gasteiger partial charge in [-0.2, -0.15) is 0 Å². The van der Waals surface area contributed by atoms with Gasteiger partial charge in [-0.25, -0.2) is 13.6 Å². The second-order valence-electron chi connectivity index (χ2n) is 7.29. The van der Waals surface area contributed by atoms with Crippen molar-refractivity contribution < 1.29 is 23.2 Å². The minimum absolute atomic E-state index is 0.116. The number of hydrogen-bond acceptors (Lipinski definition) is 4. The van der Waals surface area contributed by atoms with E-state index < -0.39 is 35.0 Å². The Morgan fingerprint density at radius 1 is 1.15 bits per heavy atom. The van der Waals surface area contributed by atoms with Gasteiger partial charge in [0.15, 0.2) is 0 Å². The number of benzene rings is 1. The molecule has 0 saturated carbocycles. The third-order valence-corrected chi connectivity index (χ3v) is 5.06. The Morgan fingerprint density at radius 2 is 1.74 bits per heavy atom. The molecule has 2 heterocycles. The SMILES string of the molecule is CC(CC1(C)NC(=O)NC1=O)C(=O)N1CCN(c2cc(F)cc(F)c2)CC1. The summed E-state index contributed by atoms with van der Waals surface area (Å²) < 4.78 is 26.8. The van der Waals surface area contributed by atoms with Gasteiger partial charge in [0, 0.05) is 43.9 Å². The maximum absolute atomic E-state index is 13.4. The van der Waals surface area contributed by atoms with E-state index in [0.29, 0.717) is 31.9 Å². The zero-order valence-corrected chi connectivity index (χ0v) is 15.2. The summed E-state index contributed by atoms with van der Waals surface area (Å²) in [4.78, 5) is 39.5. The van der Waals surface area contributed by atoms with Gasteiger partial charge in [-0.3, -0.25) is 14.9 Å². The van der Waals surface area contributed by atoms with Crippen molar-refractivity contribution in [3.8, 4) is 0 Å². The number of nitrogens with zero attached hydrogens (tertiary/aromatic N) is 2. The van der Waals surface area contributed by atoms with E-state index in [0.717, 1.165) is 6.07 Å². The van der Waals surface area contributed by atoms with Crippen LogP contribution in [0.15, 0.2) is 18.2 Å². The first-order valence-electron chi connectivity index (χ1n) is 8.81. The van der Waals surface area contributed by atoms with Crippen LogP contribution >= 0.6 is 0 Å². The number of hydrogen-bond donors (Lipinski definition) is 2. The summed E-state index contributed by atoms with van der Waals surface area (Å²) in [6.45, 7) is 5.05. The molecule has 1 aromatic carbocycles. The summed E-state index contributed by atoms with van der Waals surface area (Å²) in [5.74, 6) is -2.29. The Morgan fingerprint density at radius 3 is 2.26 bits per heavy atom. The van der Waals surface area contributed by atoms with E-state index in [4.69, 9.17) is 0 Å². The van der Waals surface area contributed by atoms with Crippen LogP contribution in [0.3, 0.4) is 0 Å².